The van der Waals surface area contributed by atoms with Gasteiger partial charge in [-0.15, -0.1) is 0 Å². The number of likely N-dealkylation sites (tertiary alicyclic amines) is 1. The van der Waals surface area contributed by atoms with Crippen LogP contribution in [-0.2, 0) is 19.1 Å². The Balaban J connectivity index is 2.75. The van der Waals surface area contributed by atoms with E-state index in [4.69, 9.17) is 0 Å². The minimum atomic E-state index is -0.576. The standard InChI is InChI=1S/C9H13NO4/c1-5-6(2)9(13)10(8(5)12)4-7(11)14-3/h5-6H,4H2,1-3H3. The number of rotatable bonds is 2. The molecule has 1 rings (SSSR count). The van der Waals surface area contributed by atoms with Crippen LogP contribution in [-0.4, -0.2) is 36.3 Å². The SMILES string of the molecule is COC(=O)CN1C(=O)C(C)C(C)C1=O. The van der Waals surface area contributed by atoms with Crippen molar-refractivity contribution in [3.05, 3.63) is 0 Å². The summed E-state index contributed by atoms with van der Waals surface area (Å²) < 4.78 is 4.39. The van der Waals surface area contributed by atoms with E-state index in [1.165, 1.54) is 7.11 Å². The zero-order valence-electron chi connectivity index (χ0n) is 8.44. The molecule has 0 aromatic rings. The van der Waals surface area contributed by atoms with Crippen molar-refractivity contribution in [3.8, 4) is 0 Å². The van der Waals surface area contributed by atoms with Crippen molar-refractivity contribution >= 4 is 17.8 Å². The van der Waals surface area contributed by atoms with Crippen molar-refractivity contribution in [1.82, 2.24) is 4.90 Å². The lowest BCUT2D eigenvalue weighted by atomic mass is 10.00. The molecule has 78 valence electrons. The van der Waals surface area contributed by atoms with Crippen LogP contribution in [0.1, 0.15) is 13.8 Å². The summed E-state index contributed by atoms with van der Waals surface area (Å²) >= 11 is 0. The molecule has 1 fully saturated rings. The van der Waals surface area contributed by atoms with Gasteiger partial charge in [0.1, 0.15) is 6.54 Å². The molecule has 0 bridgehead atoms. The van der Waals surface area contributed by atoms with Crippen molar-refractivity contribution in [2.24, 2.45) is 11.8 Å². The van der Waals surface area contributed by atoms with Gasteiger partial charge in [-0.2, -0.15) is 0 Å². The maximum atomic E-state index is 11.5. The van der Waals surface area contributed by atoms with E-state index < -0.39 is 5.97 Å². The molecule has 1 aliphatic heterocycles. The number of methoxy groups -OCH3 is 1. The zero-order chi connectivity index (χ0) is 10.9. The Kier molecular flexibility index (Phi) is 2.88. The molecule has 0 radical (unpaired) electrons. The largest absolute Gasteiger partial charge is 0.468 e. The number of esters is 1. The van der Waals surface area contributed by atoms with Gasteiger partial charge < -0.3 is 4.74 Å². The fraction of sp³-hybridized carbons (Fsp3) is 0.667. The smallest absolute Gasteiger partial charge is 0.325 e. The second-order valence-corrected chi connectivity index (χ2v) is 3.42. The maximum Gasteiger partial charge on any atom is 0.325 e. The number of nitrogens with zero attached hydrogens (tertiary/aromatic N) is 1. The van der Waals surface area contributed by atoms with Crippen LogP contribution < -0.4 is 0 Å². The molecule has 14 heavy (non-hydrogen) atoms. The van der Waals surface area contributed by atoms with Crippen LogP contribution in [0.25, 0.3) is 0 Å². The second-order valence-electron chi connectivity index (χ2n) is 3.42. The van der Waals surface area contributed by atoms with E-state index in [0.29, 0.717) is 0 Å². The summed E-state index contributed by atoms with van der Waals surface area (Å²) in [4.78, 5) is 34.8. The predicted molar refractivity (Wildman–Crippen MR) is 47.1 cm³/mol. The lowest BCUT2D eigenvalue weighted by Crippen LogP contribution is -2.36. The molecule has 1 heterocycles. The molecule has 0 saturated carbocycles. The first-order valence-corrected chi connectivity index (χ1v) is 4.41. The van der Waals surface area contributed by atoms with Crippen LogP contribution in [0.5, 0.6) is 0 Å². The Labute approximate surface area is 82.0 Å². The van der Waals surface area contributed by atoms with E-state index in [0.717, 1.165) is 4.90 Å². The molecule has 5 heteroatoms. The second kappa shape index (κ2) is 3.77. The van der Waals surface area contributed by atoms with Crippen molar-refractivity contribution in [1.29, 1.82) is 0 Å². The minimum absolute atomic E-state index is 0.275. The molecule has 2 atom stereocenters. The van der Waals surface area contributed by atoms with Gasteiger partial charge in [0.05, 0.1) is 7.11 Å². The van der Waals surface area contributed by atoms with Crippen LogP contribution in [0.2, 0.25) is 0 Å². The molecule has 0 aromatic carbocycles. The van der Waals surface area contributed by atoms with E-state index in [9.17, 15) is 14.4 Å². The van der Waals surface area contributed by atoms with Crippen LogP contribution in [0.3, 0.4) is 0 Å². The Morgan fingerprint density at radius 1 is 1.29 bits per heavy atom. The molecule has 0 aliphatic carbocycles. The van der Waals surface area contributed by atoms with Gasteiger partial charge in [-0.3, -0.25) is 19.3 Å². The van der Waals surface area contributed by atoms with Crippen molar-refractivity contribution < 1.29 is 19.1 Å². The Morgan fingerprint density at radius 3 is 2.07 bits per heavy atom. The summed E-state index contributed by atoms with van der Waals surface area (Å²) in [7, 11) is 1.22. The summed E-state index contributed by atoms with van der Waals surface area (Å²) in [6, 6.07) is 0. The summed E-state index contributed by atoms with van der Waals surface area (Å²) in [5.74, 6) is -1.85. The molecular formula is C9H13NO4. The van der Waals surface area contributed by atoms with Crippen molar-refractivity contribution in [2.45, 2.75) is 13.8 Å². The van der Waals surface area contributed by atoms with Gasteiger partial charge in [-0.1, -0.05) is 13.8 Å². The van der Waals surface area contributed by atoms with Gasteiger partial charge >= 0.3 is 5.97 Å². The molecule has 2 amide bonds. The van der Waals surface area contributed by atoms with Gasteiger partial charge in [0, 0.05) is 11.8 Å². The molecule has 1 aliphatic rings. The fourth-order valence-electron chi connectivity index (χ4n) is 1.38. The Hall–Kier alpha value is -1.39. The summed E-state index contributed by atoms with van der Waals surface area (Å²) in [6.07, 6.45) is 0. The third-order valence-electron chi connectivity index (χ3n) is 2.58. The number of hydrogen-bond donors (Lipinski definition) is 0. The van der Waals surface area contributed by atoms with Crippen molar-refractivity contribution in [2.75, 3.05) is 13.7 Å². The van der Waals surface area contributed by atoms with Gasteiger partial charge in [-0.25, -0.2) is 0 Å². The van der Waals surface area contributed by atoms with Crippen LogP contribution in [0, 0.1) is 11.8 Å². The predicted octanol–water partition coefficient (Wildman–Crippen LogP) is -0.200. The lowest BCUT2D eigenvalue weighted by Gasteiger charge is -2.11. The highest BCUT2D eigenvalue weighted by atomic mass is 16.5. The quantitative estimate of drug-likeness (QED) is 0.456. The number of imide groups is 1. The third-order valence-corrected chi connectivity index (χ3v) is 2.58. The number of carbonyl (C=O) groups is 3. The van der Waals surface area contributed by atoms with Gasteiger partial charge in [-0.05, 0) is 0 Å². The average Bonchev–Trinajstić information content (AvgIpc) is 2.35. The van der Waals surface area contributed by atoms with Gasteiger partial charge in [0.15, 0.2) is 0 Å². The molecule has 0 aromatic heterocycles. The third kappa shape index (κ3) is 1.62. The maximum absolute atomic E-state index is 11.5. The topological polar surface area (TPSA) is 63.7 Å². The van der Waals surface area contributed by atoms with Crippen LogP contribution >= 0.6 is 0 Å². The summed E-state index contributed by atoms with van der Waals surface area (Å²) in [6.45, 7) is 3.09. The normalized spacial score (nSPS) is 26.9. The average molecular weight is 199 g/mol. The van der Waals surface area contributed by atoms with E-state index in [-0.39, 0.29) is 30.2 Å². The highest BCUT2D eigenvalue weighted by Crippen LogP contribution is 2.24. The number of ether oxygens (including phenoxy) is 1. The van der Waals surface area contributed by atoms with Crippen LogP contribution in [0.4, 0.5) is 0 Å². The minimum Gasteiger partial charge on any atom is -0.468 e. The molecule has 5 nitrogen and oxygen atoms in total. The number of hydrogen-bond acceptors (Lipinski definition) is 4. The molecule has 0 spiro atoms. The first kappa shape index (κ1) is 10.7. The highest BCUT2D eigenvalue weighted by molar-refractivity contribution is 6.06. The molecule has 1 saturated heterocycles. The first-order valence-electron chi connectivity index (χ1n) is 4.41. The highest BCUT2D eigenvalue weighted by Gasteiger charge is 2.42. The van der Waals surface area contributed by atoms with E-state index in [1.54, 1.807) is 13.8 Å². The van der Waals surface area contributed by atoms with E-state index in [1.807, 2.05) is 0 Å². The monoisotopic (exact) mass is 199 g/mol. The first-order chi connectivity index (χ1) is 6.49. The zero-order valence-corrected chi connectivity index (χ0v) is 8.44. The lowest BCUT2D eigenvalue weighted by molar-refractivity contribution is -0.151. The van der Waals surface area contributed by atoms with E-state index >= 15 is 0 Å². The van der Waals surface area contributed by atoms with Crippen LogP contribution in [0.15, 0.2) is 0 Å². The van der Waals surface area contributed by atoms with Gasteiger partial charge in [0.2, 0.25) is 11.8 Å². The fourth-order valence-corrected chi connectivity index (χ4v) is 1.38. The molecule has 2 unspecified atom stereocenters. The summed E-state index contributed by atoms with van der Waals surface area (Å²) in [5, 5.41) is 0. The number of carbonyl (C=O) groups excluding carboxylic acids is 3. The Morgan fingerprint density at radius 2 is 1.71 bits per heavy atom. The molecular weight excluding hydrogens is 186 g/mol. The summed E-state index contributed by atoms with van der Waals surface area (Å²) in [5.41, 5.74) is 0. The number of amides is 2. The van der Waals surface area contributed by atoms with E-state index in [2.05, 4.69) is 4.74 Å². The van der Waals surface area contributed by atoms with Crippen molar-refractivity contribution in [3.63, 3.8) is 0 Å². The van der Waals surface area contributed by atoms with Gasteiger partial charge in [0.25, 0.3) is 0 Å². The Bertz CT molecular complexity index is 267. The molecule has 0 N–H and O–H groups in total.